The van der Waals surface area contributed by atoms with Crippen LogP contribution in [0, 0.1) is 6.92 Å². The molecule has 0 fully saturated rings. The summed E-state index contributed by atoms with van der Waals surface area (Å²) in [5, 5.41) is 10.3. The second-order valence-corrected chi connectivity index (χ2v) is 4.72. The molecule has 2 rings (SSSR count). The second-order valence-electron chi connectivity index (χ2n) is 4.34. The molecule has 2 amide bonds. The van der Waals surface area contributed by atoms with Gasteiger partial charge in [0.1, 0.15) is 5.75 Å². The molecule has 1 aromatic rings. The van der Waals surface area contributed by atoms with Crippen LogP contribution >= 0.6 is 11.6 Å². The lowest BCUT2D eigenvalue weighted by Gasteiger charge is -2.15. The number of rotatable bonds is 2. The van der Waals surface area contributed by atoms with Gasteiger partial charge < -0.3 is 5.11 Å². The van der Waals surface area contributed by atoms with Crippen molar-refractivity contribution in [3.05, 3.63) is 27.8 Å². The molecule has 0 unspecified atom stereocenters. The van der Waals surface area contributed by atoms with Gasteiger partial charge >= 0.3 is 0 Å². The van der Waals surface area contributed by atoms with Gasteiger partial charge in [-0.1, -0.05) is 11.6 Å². The maximum atomic E-state index is 12.0. The second kappa shape index (κ2) is 4.26. The van der Waals surface area contributed by atoms with E-state index in [0.717, 1.165) is 0 Å². The lowest BCUT2D eigenvalue weighted by atomic mass is 10.1. The monoisotopic (exact) mass is 269 g/mol. The maximum absolute atomic E-state index is 12.0. The Morgan fingerprint density at radius 3 is 2.50 bits per heavy atom. The van der Waals surface area contributed by atoms with Gasteiger partial charge in [0.15, 0.2) is 0 Å². The molecule has 18 heavy (non-hydrogen) atoms. The van der Waals surface area contributed by atoms with Gasteiger partial charge in [0, 0.05) is 0 Å². The van der Waals surface area contributed by atoms with Crippen LogP contribution in [0.15, 0.2) is 6.07 Å². The number of aromatic hydroxyl groups is 1. The molecule has 1 aromatic carbocycles. The number of hydroxylamine groups is 2. The number of carbonyl (C=O) groups is 2. The zero-order valence-electron chi connectivity index (χ0n) is 10.2. The van der Waals surface area contributed by atoms with Crippen LogP contribution in [0.4, 0.5) is 0 Å². The molecule has 0 bridgehead atoms. The van der Waals surface area contributed by atoms with Crippen molar-refractivity contribution in [2.45, 2.75) is 26.9 Å². The van der Waals surface area contributed by atoms with Gasteiger partial charge in [0.25, 0.3) is 11.8 Å². The molecule has 0 saturated heterocycles. The third-order valence-corrected chi connectivity index (χ3v) is 2.93. The van der Waals surface area contributed by atoms with Crippen molar-refractivity contribution in [1.29, 1.82) is 0 Å². The molecule has 1 N–H and O–H groups in total. The zero-order valence-corrected chi connectivity index (χ0v) is 10.9. The highest BCUT2D eigenvalue weighted by Gasteiger charge is 2.40. The first-order chi connectivity index (χ1) is 8.34. The lowest BCUT2D eigenvalue weighted by Crippen LogP contribution is -2.32. The van der Waals surface area contributed by atoms with Gasteiger partial charge in [-0.2, -0.15) is 0 Å². The molecule has 1 aliphatic heterocycles. The van der Waals surface area contributed by atoms with E-state index in [1.54, 1.807) is 20.8 Å². The van der Waals surface area contributed by atoms with Crippen LogP contribution < -0.4 is 0 Å². The van der Waals surface area contributed by atoms with E-state index >= 15 is 0 Å². The molecule has 0 spiro atoms. The van der Waals surface area contributed by atoms with Crippen molar-refractivity contribution >= 4 is 23.4 Å². The van der Waals surface area contributed by atoms with Gasteiger partial charge in [0.2, 0.25) is 0 Å². The van der Waals surface area contributed by atoms with Crippen LogP contribution in [0.25, 0.3) is 0 Å². The van der Waals surface area contributed by atoms with E-state index in [1.807, 2.05) is 0 Å². The lowest BCUT2D eigenvalue weighted by molar-refractivity contribution is -0.120. The van der Waals surface area contributed by atoms with Crippen LogP contribution in [0.5, 0.6) is 5.75 Å². The number of carbonyl (C=O) groups excluding carboxylic acids is 2. The molecular formula is C12H12ClNO4. The highest BCUT2D eigenvalue weighted by atomic mass is 35.5. The summed E-state index contributed by atoms with van der Waals surface area (Å²) in [5.74, 6) is -1.40. The first-order valence-corrected chi connectivity index (χ1v) is 5.80. The summed E-state index contributed by atoms with van der Waals surface area (Å²) >= 11 is 5.90. The number of amides is 2. The summed E-state index contributed by atoms with van der Waals surface area (Å²) in [4.78, 5) is 29.2. The SMILES string of the molecule is Cc1cc2c(c(Cl)c1O)C(=O)N(OC(C)C)C2=O. The normalized spacial score (nSPS) is 14.6. The van der Waals surface area contributed by atoms with Gasteiger partial charge in [-0.05, 0) is 32.4 Å². The summed E-state index contributed by atoms with van der Waals surface area (Å²) < 4.78 is 0. The van der Waals surface area contributed by atoms with Crippen molar-refractivity contribution in [1.82, 2.24) is 5.06 Å². The highest BCUT2D eigenvalue weighted by molar-refractivity contribution is 6.38. The number of benzene rings is 1. The molecule has 0 aromatic heterocycles. The Morgan fingerprint density at radius 2 is 1.94 bits per heavy atom. The van der Waals surface area contributed by atoms with Crippen molar-refractivity contribution in [2.75, 3.05) is 0 Å². The Labute approximate surface area is 109 Å². The number of halogens is 1. The standard InChI is InChI=1S/C12H12ClNO4/c1-5(2)18-14-11(16)7-4-6(3)10(15)9(13)8(7)12(14)17/h4-5,15H,1-3H3. The van der Waals surface area contributed by atoms with Gasteiger partial charge in [-0.25, -0.2) is 0 Å². The molecule has 0 radical (unpaired) electrons. The summed E-state index contributed by atoms with van der Waals surface area (Å²) in [6.07, 6.45) is -0.319. The van der Waals surface area contributed by atoms with E-state index in [9.17, 15) is 14.7 Å². The third-order valence-electron chi connectivity index (χ3n) is 2.56. The predicted molar refractivity (Wildman–Crippen MR) is 64.6 cm³/mol. The number of phenolic OH excluding ortho intramolecular Hbond substituents is 1. The van der Waals surface area contributed by atoms with Gasteiger partial charge in [-0.3, -0.25) is 14.4 Å². The number of nitrogens with zero attached hydrogens (tertiary/aromatic N) is 1. The zero-order chi connectivity index (χ0) is 13.6. The number of imide groups is 1. The van der Waals surface area contributed by atoms with Crippen LogP contribution in [0.2, 0.25) is 5.02 Å². The largest absolute Gasteiger partial charge is 0.506 e. The predicted octanol–water partition coefficient (Wildman–Crippen LogP) is 2.29. The molecule has 0 aliphatic carbocycles. The average molecular weight is 270 g/mol. The Morgan fingerprint density at radius 1 is 1.33 bits per heavy atom. The molecule has 5 nitrogen and oxygen atoms in total. The Kier molecular flexibility index (Phi) is 3.04. The highest BCUT2D eigenvalue weighted by Crippen LogP contribution is 2.38. The smallest absolute Gasteiger partial charge is 0.287 e. The summed E-state index contributed by atoms with van der Waals surface area (Å²) in [5.41, 5.74) is 0.581. The third kappa shape index (κ3) is 1.76. The van der Waals surface area contributed by atoms with Crippen LogP contribution in [-0.2, 0) is 4.84 Å². The fourth-order valence-corrected chi connectivity index (χ4v) is 2.09. The molecule has 1 heterocycles. The van der Waals surface area contributed by atoms with Crippen LogP contribution in [-0.4, -0.2) is 28.1 Å². The Balaban J connectivity index is 2.56. The number of phenols is 1. The van der Waals surface area contributed by atoms with Gasteiger partial charge in [-0.15, -0.1) is 5.06 Å². The molecular weight excluding hydrogens is 258 g/mol. The van der Waals surface area contributed by atoms with E-state index in [4.69, 9.17) is 16.4 Å². The molecule has 1 aliphatic rings. The van der Waals surface area contributed by atoms with E-state index in [2.05, 4.69) is 0 Å². The summed E-state index contributed by atoms with van der Waals surface area (Å²) in [7, 11) is 0. The fourth-order valence-electron chi connectivity index (χ4n) is 1.75. The summed E-state index contributed by atoms with van der Waals surface area (Å²) in [6.45, 7) is 5.01. The minimum Gasteiger partial charge on any atom is -0.506 e. The average Bonchev–Trinajstić information content (AvgIpc) is 2.51. The first-order valence-electron chi connectivity index (χ1n) is 5.42. The van der Waals surface area contributed by atoms with Gasteiger partial charge in [0.05, 0.1) is 22.3 Å². The first kappa shape index (κ1) is 12.9. The fraction of sp³-hybridized carbons (Fsp3) is 0.333. The number of hydrogen-bond acceptors (Lipinski definition) is 4. The molecule has 0 saturated carbocycles. The Bertz CT molecular complexity index is 553. The molecule has 96 valence electrons. The van der Waals surface area contributed by atoms with E-state index < -0.39 is 11.8 Å². The van der Waals surface area contributed by atoms with Crippen molar-refractivity contribution in [3.63, 3.8) is 0 Å². The molecule has 0 atom stereocenters. The van der Waals surface area contributed by atoms with Crippen molar-refractivity contribution in [3.8, 4) is 5.75 Å². The Hall–Kier alpha value is -1.59. The van der Waals surface area contributed by atoms with Crippen molar-refractivity contribution in [2.24, 2.45) is 0 Å². The maximum Gasteiger partial charge on any atom is 0.287 e. The van der Waals surface area contributed by atoms with E-state index in [1.165, 1.54) is 6.07 Å². The molecule has 6 heteroatoms. The number of aryl methyl sites for hydroxylation is 1. The number of fused-ring (bicyclic) bond motifs is 1. The minimum absolute atomic E-state index is 0.00887. The number of hydrogen-bond donors (Lipinski definition) is 1. The minimum atomic E-state index is -0.649. The summed E-state index contributed by atoms with van der Waals surface area (Å²) in [6, 6.07) is 1.43. The quantitative estimate of drug-likeness (QED) is 0.837. The van der Waals surface area contributed by atoms with E-state index in [0.29, 0.717) is 10.6 Å². The topological polar surface area (TPSA) is 66.8 Å². The van der Waals surface area contributed by atoms with Crippen LogP contribution in [0.3, 0.4) is 0 Å². The van der Waals surface area contributed by atoms with Crippen LogP contribution in [0.1, 0.15) is 40.1 Å². The van der Waals surface area contributed by atoms with E-state index in [-0.39, 0.29) is 28.0 Å². The van der Waals surface area contributed by atoms with Crippen molar-refractivity contribution < 1.29 is 19.5 Å².